The molecule has 1 N–H and O–H groups in total. The SMILES string of the molecule is CCCN(C)CC1(CNC(=O)c2cc3c(s2)CCCCCC3)CCCC1. The van der Waals surface area contributed by atoms with E-state index in [1.165, 1.54) is 74.6 Å². The van der Waals surface area contributed by atoms with Gasteiger partial charge in [0.2, 0.25) is 0 Å². The highest BCUT2D eigenvalue weighted by Crippen LogP contribution is 2.38. The Kier molecular flexibility index (Phi) is 7.16. The van der Waals surface area contributed by atoms with E-state index in [-0.39, 0.29) is 11.3 Å². The first-order valence-electron chi connectivity index (χ1n) is 10.7. The van der Waals surface area contributed by atoms with Gasteiger partial charge in [0.1, 0.15) is 0 Å². The van der Waals surface area contributed by atoms with Crippen molar-refractivity contribution in [2.24, 2.45) is 5.41 Å². The fraction of sp³-hybridized carbons (Fsp3) is 0.773. The average Bonchev–Trinajstić information content (AvgIpc) is 3.21. The Bertz CT molecular complexity index is 563. The molecule has 1 fully saturated rings. The lowest BCUT2D eigenvalue weighted by Gasteiger charge is -2.33. The van der Waals surface area contributed by atoms with E-state index in [4.69, 9.17) is 0 Å². The summed E-state index contributed by atoms with van der Waals surface area (Å²) in [6, 6.07) is 2.19. The number of nitrogens with one attached hydrogen (secondary N) is 1. The van der Waals surface area contributed by atoms with Crippen LogP contribution in [0.4, 0.5) is 0 Å². The lowest BCUT2D eigenvalue weighted by Crippen LogP contribution is -2.43. The lowest BCUT2D eigenvalue weighted by molar-refractivity contribution is 0.0916. The first-order valence-corrected chi connectivity index (χ1v) is 11.5. The molecule has 146 valence electrons. The van der Waals surface area contributed by atoms with E-state index >= 15 is 0 Å². The molecule has 26 heavy (non-hydrogen) atoms. The Labute approximate surface area is 163 Å². The number of carbonyl (C=O) groups excluding carboxylic acids is 1. The van der Waals surface area contributed by atoms with Gasteiger partial charge in [-0.15, -0.1) is 11.3 Å². The molecular weight excluding hydrogens is 340 g/mol. The molecule has 0 aliphatic heterocycles. The van der Waals surface area contributed by atoms with Gasteiger partial charge in [0.05, 0.1) is 4.88 Å². The van der Waals surface area contributed by atoms with Crippen LogP contribution in [0.3, 0.4) is 0 Å². The normalized spacial score (nSPS) is 19.8. The number of hydrogen-bond donors (Lipinski definition) is 1. The molecule has 0 aromatic carbocycles. The van der Waals surface area contributed by atoms with E-state index in [9.17, 15) is 4.79 Å². The van der Waals surface area contributed by atoms with E-state index in [1.807, 2.05) is 0 Å². The van der Waals surface area contributed by atoms with Crippen molar-refractivity contribution in [1.82, 2.24) is 10.2 Å². The number of fused-ring (bicyclic) bond motifs is 1. The first-order chi connectivity index (χ1) is 12.6. The third-order valence-electron chi connectivity index (χ3n) is 6.22. The van der Waals surface area contributed by atoms with E-state index in [0.717, 1.165) is 30.9 Å². The molecule has 3 nitrogen and oxygen atoms in total. The van der Waals surface area contributed by atoms with Crippen molar-refractivity contribution in [3.63, 3.8) is 0 Å². The van der Waals surface area contributed by atoms with Gasteiger partial charge in [-0.1, -0.05) is 32.6 Å². The molecule has 2 aliphatic carbocycles. The van der Waals surface area contributed by atoms with Gasteiger partial charge in [0, 0.05) is 23.4 Å². The fourth-order valence-corrected chi connectivity index (χ4v) is 6.03. The average molecular weight is 377 g/mol. The van der Waals surface area contributed by atoms with Crippen LogP contribution in [0, 0.1) is 5.41 Å². The Hall–Kier alpha value is -0.870. The zero-order chi connectivity index (χ0) is 18.4. The summed E-state index contributed by atoms with van der Waals surface area (Å²) < 4.78 is 0. The van der Waals surface area contributed by atoms with E-state index in [2.05, 4.69) is 30.3 Å². The molecule has 2 aliphatic rings. The van der Waals surface area contributed by atoms with Crippen LogP contribution in [0.5, 0.6) is 0 Å². The van der Waals surface area contributed by atoms with Gasteiger partial charge in [0.25, 0.3) is 5.91 Å². The first kappa shape index (κ1) is 19.9. The minimum Gasteiger partial charge on any atom is -0.351 e. The molecule has 4 heteroatoms. The molecule has 0 saturated heterocycles. The van der Waals surface area contributed by atoms with Crippen molar-refractivity contribution in [2.75, 3.05) is 26.7 Å². The highest BCUT2D eigenvalue weighted by Gasteiger charge is 2.35. The summed E-state index contributed by atoms with van der Waals surface area (Å²) in [6.45, 7) is 5.33. The minimum absolute atomic E-state index is 0.158. The van der Waals surface area contributed by atoms with Crippen LogP contribution in [-0.2, 0) is 12.8 Å². The topological polar surface area (TPSA) is 32.3 Å². The maximum Gasteiger partial charge on any atom is 0.261 e. The largest absolute Gasteiger partial charge is 0.351 e. The molecule has 0 unspecified atom stereocenters. The molecule has 1 amide bonds. The fourth-order valence-electron chi connectivity index (χ4n) is 4.86. The third kappa shape index (κ3) is 5.10. The summed E-state index contributed by atoms with van der Waals surface area (Å²) in [5.74, 6) is 0.158. The quantitative estimate of drug-likeness (QED) is 0.723. The van der Waals surface area contributed by atoms with Crippen LogP contribution >= 0.6 is 11.3 Å². The number of rotatable bonds is 7. The molecule has 1 aromatic heterocycles. The summed E-state index contributed by atoms with van der Waals surface area (Å²) in [5, 5.41) is 3.31. The molecule has 0 spiro atoms. The predicted molar refractivity (Wildman–Crippen MR) is 111 cm³/mol. The summed E-state index contributed by atoms with van der Waals surface area (Å²) in [7, 11) is 2.23. The van der Waals surface area contributed by atoms with E-state index in [1.54, 1.807) is 11.3 Å². The number of hydrogen-bond acceptors (Lipinski definition) is 3. The molecule has 0 atom stereocenters. The number of aryl methyl sites for hydroxylation is 2. The summed E-state index contributed by atoms with van der Waals surface area (Å²) in [6.07, 6.45) is 13.9. The monoisotopic (exact) mass is 376 g/mol. The number of carbonyl (C=O) groups is 1. The van der Waals surface area contributed by atoms with Crippen LogP contribution in [0.2, 0.25) is 0 Å². The standard InChI is InChI=1S/C22H36N2OS/c1-3-14-24(2)17-22(12-8-9-13-22)16-23-21(25)20-15-18-10-6-4-5-7-11-19(18)26-20/h15H,3-14,16-17H2,1-2H3,(H,23,25). The van der Waals surface area contributed by atoms with Crippen LogP contribution in [-0.4, -0.2) is 37.5 Å². The van der Waals surface area contributed by atoms with Gasteiger partial charge in [0.15, 0.2) is 0 Å². The van der Waals surface area contributed by atoms with Crippen molar-refractivity contribution in [3.8, 4) is 0 Å². The van der Waals surface area contributed by atoms with Crippen molar-refractivity contribution in [1.29, 1.82) is 0 Å². The minimum atomic E-state index is 0.158. The van der Waals surface area contributed by atoms with Gasteiger partial charge in [-0.25, -0.2) is 0 Å². The second-order valence-electron chi connectivity index (χ2n) is 8.60. The zero-order valence-corrected chi connectivity index (χ0v) is 17.6. The Balaban J connectivity index is 1.61. The van der Waals surface area contributed by atoms with Crippen molar-refractivity contribution >= 4 is 17.2 Å². The second-order valence-corrected chi connectivity index (χ2v) is 9.74. The van der Waals surface area contributed by atoms with Gasteiger partial charge >= 0.3 is 0 Å². The van der Waals surface area contributed by atoms with Crippen LogP contribution in [0.1, 0.15) is 84.8 Å². The predicted octanol–water partition coefficient (Wildman–Crippen LogP) is 5.04. The molecule has 1 heterocycles. The molecule has 1 aromatic rings. The van der Waals surface area contributed by atoms with Crippen LogP contribution < -0.4 is 5.32 Å². The number of thiophene rings is 1. The molecule has 0 radical (unpaired) electrons. The van der Waals surface area contributed by atoms with Crippen molar-refractivity contribution < 1.29 is 4.79 Å². The summed E-state index contributed by atoms with van der Waals surface area (Å²) in [5.41, 5.74) is 1.73. The molecule has 3 rings (SSSR count). The molecular formula is C22H36N2OS. The number of amides is 1. The van der Waals surface area contributed by atoms with Gasteiger partial charge in [-0.2, -0.15) is 0 Å². The van der Waals surface area contributed by atoms with Gasteiger partial charge < -0.3 is 10.2 Å². The zero-order valence-electron chi connectivity index (χ0n) is 16.7. The number of nitrogens with zero attached hydrogens (tertiary/aromatic N) is 1. The molecule has 1 saturated carbocycles. The van der Waals surface area contributed by atoms with Gasteiger partial charge in [-0.05, 0) is 70.2 Å². The Morgan fingerprint density at radius 1 is 1.15 bits per heavy atom. The maximum absolute atomic E-state index is 12.8. The van der Waals surface area contributed by atoms with Crippen molar-refractivity contribution in [3.05, 3.63) is 21.4 Å². The van der Waals surface area contributed by atoms with Gasteiger partial charge in [-0.3, -0.25) is 4.79 Å². The molecule has 0 bridgehead atoms. The third-order valence-corrected chi connectivity index (χ3v) is 7.46. The highest BCUT2D eigenvalue weighted by molar-refractivity contribution is 7.14. The van der Waals surface area contributed by atoms with E-state index < -0.39 is 0 Å². The summed E-state index contributed by atoms with van der Waals surface area (Å²) in [4.78, 5) is 17.7. The van der Waals surface area contributed by atoms with Crippen LogP contribution in [0.15, 0.2) is 6.07 Å². The highest BCUT2D eigenvalue weighted by atomic mass is 32.1. The Morgan fingerprint density at radius 2 is 1.88 bits per heavy atom. The lowest BCUT2D eigenvalue weighted by atomic mass is 9.85. The van der Waals surface area contributed by atoms with E-state index in [0.29, 0.717) is 0 Å². The van der Waals surface area contributed by atoms with Crippen molar-refractivity contribution in [2.45, 2.75) is 77.6 Å². The maximum atomic E-state index is 12.8. The Morgan fingerprint density at radius 3 is 2.62 bits per heavy atom. The smallest absolute Gasteiger partial charge is 0.261 e. The second kappa shape index (κ2) is 9.36. The van der Waals surface area contributed by atoms with Crippen LogP contribution in [0.25, 0.3) is 0 Å². The summed E-state index contributed by atoms with van der Waals surface area (Å²) >= 11 is 1.75.